The van der Waals surface area contributed by atoms with Gasteiger partial charge in [0.1, 0.15) is 11.6 Å². The van der Waals surface area contributed by atoms with Crippen LogP contribution in [0.1, 0.15) is 16.8 Å². The minimum absolute atomic E-state index is 0.0330. The van der Waals surface area contributed by atoms with E-state index in [1.807, 2.05) is 49.4 Å². The molecule has 0 aliphatic carbocycles. The lowest BCUT2D eigenvalue weighted by Crippen LogP contribution is -2.13. The number of amides is 1. The first kappa shape index (κ1) is 20.5. The Balaban J connectivity index is 1.74. The average Bonchev–Trinajstić information content (AvgIpc) is 3.03. The fourth-order valence-corrected chi connectivity index (χ4v) is 3.86. The van der Waals surface area contributed by atoms with Gasteiger partial charge in [0.05, 0.1) is 0 Å². The monoisotopic (exact) mass is 425 g/mol. The number of nitrogens with one attached hydrogen (secondary N) is 1. The maximum atomic E-state index is 12.8. The summed E-state index contributed by atoms with van der Waals surface area (Å²) in [6, 6.07) is 27.1. The summed E-state index contributed by atoms with van der Waals surface area (Å²) in [5, 5.41) is 13.9. The fraction of sp³-hybridized carbons (Fsp3) is 0.0769. The van der Waals surface area contributed by atoms with Crippen molar-refractivity contribution in [2.24, 2.45) is 0 Å². The Morgan fingerprint density at radius 1 is 1.06 bits per heavy atom. The topological polar surface area (TPSA) is 57.8 Å². The second-order valence-electron chi connectivity index (χ2n) is 7.22. The lowest BCUT2D eigenvalue weighted by atomic mass is 10.1. The summed E-state index contributed by atoms with van der Waals surface area (Å²) in [6.45, 7) is 2.72. The van der Waals surface area contributed by atoms with Gasteiger partial charge in [-0.2, -0.15) is 5.26 Å². The summed E-state index contributed by atoms with van der Waals surface area (Å²) in [4.78, 5) is 12.8. The van der Waals surface area contributed by atoms with Gasteiger partial charge in [0.15, 0.2) is 0 Å². The number of para-hydroxylation sites is 1. The summed E-state index contributed by atoms with van der Waals surface area (Å²) in [7, 11) is 0. The SMILES string of the molecule is Cc1c(/C=C(/C#N)C(=O)Nc2cccc(Cl)c2)c2ccccc2n1Cc1ccccc1. The Hall–Kier alpha value is -3.81. The Morgan fingerprint density at radius 3 is 2.55 bits per heavy atom. The molecular formula is C26H20ClN3O. The molecule has 31 heavy (non-hydrogen) atoms. The Bertz CT molecular complexity index is 1330. The van der Waals surface area contributed by atoms with Crippen LogP contribution in [-0.4, -0.2) is 10.5 Å². The molecule has 0 saturated carbocycles. The number of nitriles is 1. The van der Waals surface area contributed by atoms with Gasteiger partial charge >= 0.3 is 0 Å². The third-order valence-corrected chi connectivity index (χ3v) is 5.43. The largest absolute Gasteiger partial charge is 0.340 e. The molecular weight excluding hydrogens is 406 g/mol. The van der Waals surface area contributed by atoms with Gasteiger partial charge in [0, 0.05) is 39.4 Å². The van der Waals surface area contributed by atoms with E-state index in [2.05, 4.69) is 28.1 Å². The van der Waals surface area contributed by atoms with Crippen LogP contribution in [0.25, 0.3) is 17.0 Å². The number of nitrogens with zero attached hydrogens (tertiary/aromatic N) is 2. The fourth-order valence-electron chi connectivity index (χ4n) is 3.67. The van der Waals surface area contributed by atoms with Crippen LogP contribution in [0.3, 0.4) is 0 Å². The molecule has 4 nitrogen and oxygen atoms in total. The number of rotatable bonds is 5. The van der Waals surface area contributed by atoms with E-state index in [-0.39, 0.29) is 5.57 Å². The Kier molecular flexibility index (Phi) is 5.88. The number of hydrogen-bond donors (Lipinski definition) is 1. The van der Waals surface area contributed by atoms with Gasteiger partial charge in [-0.05, 0) is 42.8 Å². The van der Waals surface area contributed by atoms with Crippen LogP contribution in [0.4, 0.5) is 5.69 Å². The molecule has 1 aromatic heterocycles. The lowest BCUT2D eigenvalue weighted by Gasteiger charge is -2.09. The number of carbonyl (C=O) groups is 1. The molecule has 0 atom stereocenters. The van der Waals surface area contributed by atoms with Crippen molar-refractivity contribution >= 4 is 40.2 Å². The zero-order valence-corrected chi connectivity index (χ0v) is 17.7. The molecule has 1 amide bonds. The van der Waals surface area contributed by atoms with Crippen LogP contribution in [0.2, 0.25) is 5.02 Å². The van der Waals surface area contributed by atoms with Crippen molar-refractivity contribution in [1.29, 1.82) is 5.26 Å². The van der Waals surface area contributed by atoms with Crippen molar-refractivity contribution in [1.82, 2.24) is 4.57 Å². The smallest absolute Gasteiger partial charge is 0.266 e. The van der Waals surface area contributed by atoms with Crippen molar-refractivity contribution in [3.05, 3.63) is 106 Å². The van der Waals surface area contributed by atoms with E-state index < -0.39 is 5.91 Å². The van der Waals surface area contributed by atoms with Crippen molar-refractivity contribution in [3.63, 3.8) is 0 Å². The molecule has 0 fully saturated rings. The lowest BCUT2D eigenvalue weighted by molar-refractivity contribution is -0.112. The molecule has 0 bridgehead atoms. The molecule has 4 aromatic rings. The highest BCUT2D eigenvalue weighted by molar-refractivity contribution is 6.31. The van der Waals surface area contributed by atoms with Gasteiger partial charge in [-0.25, -0.2) is 0 Å². The van der Waals surface area contributed by atoms with Gasteiger partial charge in [-0.3, -0.25) is 4.79 Å². The predicted octanol–water partition coefficient (Wildman–Crippen LogP) is 6.20. The number of anilines is 1. The number of fused-ring (bicyclic) bond motifs is 1. The minimum atomic E-state index is -0.468. The highest BCUT2D eigenvalue weighted by Gasteiger charge is 2.16. The number of carbonyl (C=O) groups excluding carboxylic acids is 1. The van der Waals surface area contributed by atoms with Crippen molar-refractivity contribution in [2.75, 3.05) is 5.32 Å². The predicted molar refractivity (Wildman–Crippen MR) is 126 cm³/mol. The third-order valence-electron chi connectivity index (χ3n) is 5.20. The van der Waals surface area contributed by atoms with Gasteiger partial charge in [0.25, 0.3) is 5.91 Å². The summed E-state index contributed by atoms with van der Waals surface area (Å²) in [5.41, 5.74) is 4.67. The third kappa shape index (κ3) is 4.37. The van der Waals surface area contributed by atoms with E-state index in [0.29, 0.717) is 17.3 Å². The van der Waals surface area contributed by atoms with Gasteiger partial charge in [0.2, 0.25) is 0 Å². The molecule has 152 valence electrons. The van der Waals surface area contributed by atoms with E-state index in [9.17, 15) is 10.1 Å². The molecule has 0 unspecified atom stereocenters. The Morgan fingerprint density at radius 2 is 1.81 bits per heavy atom. The number of benzene rings is 3. The number of aromatic nitrogens is 1. The molecule has 0 aliphatic rings. The molecule has 0 radical (unpaired) electrons. The first-order valence-corrected chi connectivity index (χ1v) is 10.2. The summed E-state index contributed by atoms with van der Waals surface area (Å²) < 4.78 is 2.21. The van der Waals surface area contributed by atoms with Gasteiger partial charge < -0.3 is 9.88 Å². The zero-order chi connectivity index (χ0) is 21.8. The molecule has 4 rings (SSSR count). The normalized spacial score (nSPS) is 11.3. The molecule has 3 aromatic carbocycles. The van der Waals surface area contributed by atoms with E-state index in [1.54, 1.807) is 30.3 Å². The first-order chi connectivity index (χ1) is 15.1. The van der Waals surface area contributed by atoms with Crippen LogP contribution in [0.5, 0.6) is 0 Å². The van der Waals surface area contributed by atoms with E-state index in [1.165, 1.54) is 5.56 Å². The van der Waals surface area contributed by atoms with E-state index >= 15 is 0 Å². The quantitative estimate of drug-likeness (QED) is 0.306. The minimum Gasteiger partial charge on any atom is -0.340 e. The maximum Gasteiger partial charge on any atom is 0.266 e. The van der Waals surface area contributed by atoms with Crippen LogP contribution in [0, 0.1) is 18.3 Å². The highest BCUT2D eigenvalue weighted by Crippen LogP contribution is 2.29. The molecule has 1 heterocycles. The van der Waals surface area contributed by atoms with E-state index in [0.717, 1.165) is 22.2 Å². The summed E-state index contributed by atoms with van der Waals surface area (Å²) in [5.74, 6) is -0.468. The molecule has 1 N–H and O–H groups in total. The standard InChI is InChI=1S/C26H20ClN3O/c1-18-24(14-20(16-28)26(31)29-22-11-7-10-21(27)15-22)23-12-5-6-13-25(23)30(18)17-19-8-3-2-4-9-19/h2-15H,17H2,1H3,(H,29,31)/b20-14-. The van der Waals surface area contributed by atoms with Crippen LogP contribution < -0.4 is 5.32 Å². The van der Waals surface area contributed by atoms with Crippen molar-refractivity contribution < 1.29 is 4.79 Å². The molecule has 0 saturated heterocycles. The summed E-state index contributed by atoms with van der Waals surface area (Å²) >= 11 is 5.99. The van der Waals surface area contributed by atoms with E-state index in [4.69, 9.17) is 11.6 Å². The van der Waals surface area contributed by atoms with Crippen molar-refractivity contribution in [3.8, 4) is 6.07 Å². The van der Waals surface area contributed by atoms with Crippen LogP contribution in [-0.2, 0) is 11.3 Å². The van der Waals surface area contributed by atoms with Gasteiger partial charge in [-0.15, -0.1) is 0 Å². The van der Waals surface area contributed by atoms with Crippen LogP contribution in [0.15, 0.2) is 84.4 Å². The number of halogens is 1. The zero-order valence-electron chi connectivity index (χ0n) is 17.0. The van der Waals surface area contributed by atoms with Crippen LogP contribution >= 0.6 is 11.6 Å². The molecule has 0 spiro atoms. The molecule has 5 heteroatoms. The second kappa shape index (κ2) is 8.91. The average molecular weight is 426 g/mol. The van der Waals surface area contributed by atoms with Gasteiger partial charge in [-0.1, -0.05) is 66.2 Å². The molecule has 0 aliphatic heterocycles. The first-order valence-electron chi connectivity index (χ1n) is 9.87. The maximum absolute atomic E-state index is 12.8. The number of hydrogen-bond acceptors (Lipinski definition) is 2. The summed E-state index contributed by atoms with van der Waals surface area (Å²) in [6.07, 6.45) is 1.67. The highest BCUT2D eigenvalue weighted by atomic mass is 35.5. The van der Waals surface area contributed by atoms with Crippen molar-refractivity contribution in [2.45, 2.75) is 13.5 Å². The Labute approximate surface area is 186 Å². The second-order valence-corrected chi connectivity index (χ2v) is 7.66.